The molecule has 132 valence electrons. The standard InChI is InChI=1S/C16H15N7OS2/c1-9-14(26-16(17-9)18-10(2)24)13-7-25-8-23(13)12-5-3-11(4-6-12)15-19-21-22-20-15/h3-7H,8H2,1-2H3,(H,17,18,24)(H,19,20,21,22). The zero-order valence-corrected chi connectivity index (χ0v) is 15.7. The first kappa shape index (κ1) is 16.7. The van der Waals surface area contributed by atoms with Crippen LogP contribution in [-0.2, 0) is 4.79 Å². The van der Waals surface area contributed by atoms with Gasteiger partial charge in [-0.3, -0.25) is 4.79 Å². The molecule has 0 aliphatic carbocycles. The van der Waals surface area contributed by atoms with Crippen LogP contribution in [0.25, 0.3) is 17.1 Å². The van der Waals surface area contributed by atoms with Crippen LogP contribution in [0.3, 0.4) is 0 Å². The number of carbonyl (C=O) groups excluding carboxylic acids is 1. The third kappa shape index (κ3) is 3.20. The smallest absolute Gasteiger partial charge is 0.223 e. The van der Waals surface area contributed by atoms with Gasteiger partial charge in [0.2, 0.25) is 11.7 Å². The Bertz CT molecular complexity index is 963. The minimum atomic E-state index is -0.117. The van der Waals surface area contributed by atoms with Crippen LogP contribution in [0.15, 0.2) is 29.7 Å². The minimum absolute atomic E-state index is 0.117. The summed E-state index contributed by atoms with van der Waals surface area (Å²) >= 11 is 3.22. The highest BCUT2D eigenvalue weighted by molar-refractivity contribution is 8.02. The van der Waals surface area contributed by atoms with Crippen LogP contribution in [0.5, 0.6) is 0 Å². The van der Waals surface area contributed by atoms with Gasteiger partial charge in [-0.25, -0.2) is 4.98 Å². The summed E-state index contributed by atoms with van der Waals surface area (Å²) in [6, 6.07) is 8.03. The van der Waals surface area contributed by atoms with Crippen LogP contribution < -0.4 is 10.2 Å². The molecule has 0 radical (unpaired) electrons. The van der Waals surface area contributed by atoms with Gasteiger partial charge in [0.25, 0.3) is 0 Å². The van der Waals surface area contributed by atoms with E-state index in [-0.39, 0.29) is 5.91 Å². The number of benzene rings is 1. The molecule has 0 atom stereocenters. The third-order valence-electron chi connectivity index (χ3n) is 3.78. The Kier molecular flexibility index (Phi) is 4.43. The number of thioether (sulfide) groups is 1. The van der Waals surface area contributed by atoms with E-state index >= 15 is 0 Å². The Hall–Kier alpha value is -2.72. The van der Waals surface area contributed by atoms with Crippen molar-refractivity contribution < 1.29 is 4.79 Å². The van der Waals surface area contributed by atoms with E-state index < -0.39 is 0 Å². The van der Waals surface area contributed by atoms with E-state index in [4.69, 9.17) is 0 Å². The first-order valence-electron chi connectivity index (χ1n) is 7.80. The van der Waals surface area contributed by atoms with Gasteiger partial charge >= 0.3 is 0 Å². The van der Waals surface area contributed by atoms with Crippen molar-refractivity contribution >= 4 is 45.5 Å². The van der Waals surface area contributed by atoms with Crippen LogP contribution in [0.2, 0.25) is 0 Å². The number of thiazole rings is 1. The SMILES string of the molecule is CC(=O)Nc1nc(C)c(C2=CSCN2c2ccc(-c3nn[nH]n3)cc2)s1. The van der Waals surface area contributed by atoms with Gasteiger partial charge in [-0.15, -0.1) is 22.0 Å². The molecular weight excluding hydrogens is 370 g/mol. The molecule has 0 saturated heterocycles. The topological polar surface area (TPSA) is 99.7 Å². The van der Waals surface area contributed by atoms with Crippen molar-refractivity contribution in [2.75, 3.05) is 16.1 Å². The molecule has 0 fully saturated rings. The molecule has 1 aliphatic rings. The lowest BCUT2D eigenvalue weighted by Crippen LogP contribution is -2.16. The van der Waals surface area contributed by atoms with Gasteiger partial charge in [-0.05, 0) is 41.8 Å². The molecule has 1 aliphatic heterocycles. The first-order chi connectivity index (χ1) is 12.6. The van der Waals surface area contributed by atoms with Crippen molar-refractivity contribution in [3.63, 3.8) is 0 Å². The molecule has 1 aromatic carbocycles. The number of nitrogens with one attached hydrogen (secondary N) is 2. The predicted octanol–water partition coefficient (Wildman–Crippen LogP) is 3.10. The number of hydrogen-bond acceptors (Lipinski definition) is 8. The van der Waals surface area contributed by atoms with Gasteiger partial charge in [-0.1, -0.05) is 11.3 Å². The molecule has 0 unspecified atom stereocenters. The minimum Gasteiger partial charge on any atom is -0.330 e. The zero-order valence-electron chi connectivity index (χ0n) is 14.1. The summed E-state index contributed by atoms with van der Waals surface area (Å²) in [5.41, 5.74) is 3.97. The lowest BCUT2D eigenvalue weighted by atomic mass is 10.2. The van der Waals surface area contributed by atoms with E-state index in [0.717, 1.165) is 33.4 Å². The molecular formula is C16H15N7OS2. The molecule has 2 N–H and O–H groups in total. The van der Waals surface area contributed by atoms with Gasteiger partial charge in [0.15, 0.2) is 5.13 Å². The normalized spacial score (nSPS) is 13.8. The number of aryl methyl sites for hydroxylation is 1. The molecule has 26 heavy (non-hydrogen) atoms. The van der Waals surface area contributed by atoms with E-state index in [1.165, 1.54) is 18.3 Å². The van der Waals surface area contributed by atoms with Crippen LogP contribution in [0.1, 0.15) is 17.5 Å². The second-order valence-electron chi connectivity index (χ2n) is 5.62. The Balaban J connectivity index is 1.61. The van der Waals surface area contributed by atoms with Gasteiger partial charge in [0.1, 0.15) is 0 Å². The highest BCUT2D eigenvalue weighted by Gasteiger charge is 2.23. The fraction of sp³-hybridized carbons (Fsp3) is 0.188. The van der Waals surface area contributed by atoms with E-state index in [9.17, 15) is 4.79 Å². The van der Waals surface area contributed by atoms with Crippen LogP contribution >= 0.6 is 23.1 Å². The highest BCUT2D eigenvalue weighted by Crippen LogP contribution is 2.40. The maximum atomic E-state index is 11.3. The lowest BCUT2D eigenvalue weighted by Gasteiger charge is -2.21. The molecule has 0 saturated carbocycles. The van der Waals surface area contributed by atoms with Gasteiger partial charge in [0.05, 0.1) is 22.1 Å². The van der Waals surface area contributed by atoms with Crippen molar-refractivity contribution in [1.82, 2.24) is 25.6 Å². The van der Waals surface area contributed by atoms with Crippen molar-refractivity contribution in [1.29, 1.82) is 0 Å². The largest absolute Gasteiger partial charge is 0.330 e. The monoisotopic (exact) mass is 385 g/mol. The fourth-order valence-corrected chi connectivity index (χ4v) is 4.65. The number of aromatic nitrogens is 5. The fourth-order valence-electron chi connectivity index (χ4n) is 2.63. The van der Waals surface area contributed by atoms with Crippen molar-refractivity contribution in [3.05, 3.63) is 40.2 Å². The molecule has 2 aromatic heterocycles. The summed E-state index contributed by atoms with van der Waals surface area (Å²) in [7, 11) is 0. The number of tetrazole rings is 1. The summed E-state index contributed by atoms with van der Waals surface area (Å²) < 4.78 is 0. The number of rotatable bonds is 4. The van der Waals surface area contributed by atoms with E-state index in [1.54, 1.807) is 11.8 Å². The van der Waals surface area contributed by atoms with Crippen molar-refractivity contribution in [2.24, 2.45) is 0 Å². The summed E-state index contributed by atoms with van der Waals surface area (Å²) in [5, 5.41) is 19.6. The van der Waals surface area contributed by atoms with E-state index in [0.29, 0.717) is 11.0 Å². The van der Waals surface area contributed by atoms with Gasteiger partial charge in [-0.2, -0.15) is 5.21 Å². The Labute approximate surface area is 157 Å². The second kappa shape index (κ2) is 6.89. The number of aromatic amines is 1. The number of amides is 1. The molecule has 10 heteroatoms. The third-order valence-corrected chi connectivity index (χ3v) is 5.68. The van der Waals surface area contributed by atoms with Gasteiger partial charge in [0, 0.05) is 18.2 Å². The predicted molar refractivity (Wildman–Crippen MR) is 104 cm³/mol. The van der Waals surface area contributed by atoms with E-state index in [1.807, 2.05) is 31.2 Å². The van der Waals surface area contributed by atoms with Crippen molar-refractivity contribution in [2.45, 2.75) is 13.8 Å². The number of anilines is 2. The summed E-state index contributed by atoms with van der Waals surface area (Å²) in [4.78, 5) is 19.0. The first-order valence-corrected chi connectivity index (χ1v) is 9.67. The zero-order chi connectivity index (χ0) is 18.1. The Morgan fingerprint density at radius 1 is 1.31 bits per heavy atom. The average molecular weight is 385 g/mol. The molecule has 0 bridgehead atoms. The molecule has 1 amide bonds. The average Bonchev–Trinajstić information content (AvgIpc) is 3.35. The Morgan fingerprint density at radius 3 is 2.81 bits per heavy atom. The lowest BCUT2D eigenvalue weighted by molar-refractivity contribution is -0.114. The maximum absolute atomic E-state index is 11.3. The molecule has 0 spiro atoms. The van der Waals surface area contributed by atoms with Crippen molar-refractivity contribution in [3.8, 4) is 11.4 Å². The Morgan fingerprint density at radius 2 is 2.12 bits per heavy atom. The van der Waals surface area contributed by atoms with Crippen LogP contribution in [0.4, 0.5) is 10.8 Å². The number of H-pyrrole nitrogens is 1. The quantitative estimate of drug-likeness (QED) is 0.712. The maximum Gasteiger partial charge on any atom is 0.223 e. The summed E-state index contributed by atoms with van der Waals surface area (Å²) in [6.07, 6.45) is 0. The number of carbonyl (C=O) groups is 1. The van der Waals surface area contributed by atoms with Crippen LogP contribution in [-0.4, -0.2) is 37.4 Å². The number of hydrogen-bond donors (Lipinski definition) is 2. The molecule has 8 nitrogen and oxygen atoms in total. The van der Waals surface area contributed by atoms with Crippen LogP contribution in [0, 0.1) is 6.92 Å². The van der Waals surface area contributed by atoms with E-state index in [2.05, 4.69) is 41.2 Å². The number of nitrogens with zero attached hydrogens (tertiary/aromatic N) is 5. The summed E-state index contributed by atoms with van der Waals surface area (Å²) in [5.74, 6) is 1.28. The second-order valence-corrected chi connectivity index (χ2v) is 7.45. The highest BCUT2D eigenvalue weighted by atomic mass is 32.2. The summed E-state index contributed by atoms with van der Waals surface area (Å²) in [6.45, 7) is 3.44. The molecule has 3 heterocycles. The van der Waals surface area contributed by atoms with Gasteiger partial charge < -0.3 is 10.2 Å². The molecule has 3 aromatic rings. The molecule has 4 rings (SSSR count).